The van der Waals surface area contributed by atoms with Gasteiger partial charge in [-0.25, -0.2) is 13.1 Å². The van der Waals surface area contributed by atoms with E-state index in [1.165, 1.54) is 6.92 Å². The van der Waals surface area contributed by atoms with Gasteiger partial charge in [0.25, 0.3) is 0 Å². The van der Waals surface area contributed by atoms with E-state index >= 15 is 0 Å². The molecule has 0 saturated carbocycles. The number of carbonyl (C=O) groups is 1. The maximum Gasteiger partial charge on any atom is 0.240 e. The zero-order chi connectivity index (χ0) is 17.2. The van der Waals surface area contributed by atoms with Crippen LogP contribution < -0.4 is 9.62 Å². The van der Waals surface area contributed by atoms with Gasteiger partial charge in [0, 0.05) is 44.6 Å². The van der Waals surface area contributed by atoms with Crippen LogP contribution in [0.25, 0.3) is 0 Å². The molecule has 1 aromatic carbocycles. The molecule has 0 spiro atoms. The summed E-state index contributed by atoms with van der Waals surface area (Å²) in [5.74, 6) is -0.0208. The molecular formula is C17H21N3O3S. The maximum atomic E-state index is 12.4. The van der Waals surface area contributed by atoms with E-state index in [1.807, 2.05) is 29.1 Å². The van der Waals surface area contributed by atoms with Gasteiger partial charge >= 0.3 is 0 Å². The molecule has 128 valence electrons. The molecule has 0 radical (unpaired) electrons. The van der Waals surface area contributed by atoms with E-state index in [2.05, 4.69) is 4.72 Å². The standard InChI is InChI=1S/C17H21N3O3S/c1-14(21)20-12-7-15-13-16(5-6-17(15)20)24(22,23)18-8-4-11-19-9-2-3-10-19/h2-3,5-6,9-10,13,18H,4,7-8,11-12H2,1H3. The summed E-state index contributed by atoms with van der Waals surface area (Å²) in [7, 11) is -3.52. The van der Waals surface area contributed by atoms with Gasteiger partial charge in [0.2, 0.25) is 15.9 Å². The molecule has 0 aliphatic carbocycles. The fourth-order valence-corrected chi connectivity index (χ4v) is 4.07. The number of fused-ring (bicyclic) bond motifs is 1. The summed E-state index contributed by atoms with van der Waals surface area (Å²) in [6.45, 7) is 3.29. The van der Waals surface area contributed by atoms with Crippen LogP contribution >= 0.6 is 0 Å². The van der Waals surface area contributed by atoms with Crippen molar-refractivity contribution in [2.75, 3.05) is 18.0 Å². The highest BCUT2D eigenvalue weighted by Crippen LogP contribution is 2.30. The third-order valence-corrected chi connectivity index (χ3v) is 5.65. The molecule has 1 aliphatic heterocycles. The van der Waals surface area contributed by atoms with Crippen molar-refractivity contribution in [1.82, 2.24) is 9.29 Å². The maximum absolute atomic E-state index is 12.4. The van der Waals surface area contributed by atoms with Crippen LogP contribution in [0.5, 0.6) is 0 Å². The van der Waals surface area contributed by atoms with Crippen LogP contribution in [-0.2, 0) is 27.8 Å². The van der Waals surface area contributed by atoms with Crippen molar-refractivity contribution < 1.29 is 13.2 Å². The quantitative estimate of drug-likeness (QED) is 0.810. The smallest absolute Gasteiger partial charge is 0.240 e. The van der Waals surface area contributed by atoms with Crippen molar-refractivity contribution in [3.8, 4) is 0 Å². The summed E-state index contributed by atoms with van der Waals surface area (Å²) in [6.07, 6.45) is 5.31. The van der Waals surface area contributed by atoms with Gasteiger partial charge in [-0.15, -0.1) is 0 Å². The molecule has 24 heavy (non-hydrogen) atoms. The highest BCUT2D eigenvalue weighted by molar-refractivity contribution is 7.89. The molecule has 1 amide bonds. The van der Waals surface area contributed by atoms with E-state index < -0.39 is 10.0 Å². The lowest BCUT2D eigenvalue weighted by molar-refractivity contribution is -0.116. The summed E-state index contributed by atoms with van der Waals surface area (Å²) < 4.78 is 29.5. The summed E-state index contributed by atoms with van der Waals surface area (Å²) in [6, 6.07) is 8.84. The fourth-order valence-electron chi connectivity index (χ4n) is 2.94. The number of sulfonamides is 1. The number of aryl methyl sites for hydroxylation is 1. The Kier molecular flexibility index (Phi) is 4.73. The lowest BCUT2D eigenvalue weighted by atomic mass is 10.2. The first-order valence-corrected chi connectivity index (χ1v) is 9.47. The minimum Gasteiger partial charge on any atom is -0.354 e. The number of anilines is 1. The van der Waals surface area contributed by atoms with E-state index in [1.54, 1.807) is 23.1 Å². The Balaban J connectivity index is 1.64. The predicted octanol–water partition coefficient (Wildman–Crippen LogP) is 1.77. The van der Waals surface area contributed by atoms with Gasteiger partial charge in [-0.3, -0.25) is 4.79 Å². The number of hydrogen-bond acceptors (Lipinski definition) is 3. The normalized spacial score (nSPS) is 14.0. The third kappa shape index (κ3) is 3.52. The second-order valence-electron chi connectivity index (χ2n) is 5.88. The van der Waals surface area contributed by atoms with Gasteiger partial charge in [0.05, 0.1) is 4.90 Å². The van der Waals surface area contributed by atoms with Crippen LogP contribution in [-0.4, -0.2) is 32.0 Å². The Hall–Kier alpha value is -2.12. The lowest BCUT2D eigenvalue weighted by Gasteiger charge is -2.15. The first-order chi connectivity index (χ1) is 11.5. The first-order valence-electron chi connectivity index (χ1n) is 7.99. The van der Waals surface area contributed by atoms with Crippen LogP contribution in [0.15, 0.2) is 47.6 Å². The number of benzene rings is 1. The molecule has 1 aliphatic rings. The van der Waals surface area contributed by atoms with Crippen LogP contribution in [0.1, 0.15) is 18.9 Å². The Morgan fingerprint density at radius 1 is 1.25 bits per heavy atom. The van der Waals surface area contributed by atoms with Crippen molar-refractivity contribution in [3.05, 3.63) is 48.3 Å². The van der Waals surface area contributed by atoms with Crippen molar-refractivity contribution >= 4 is 21.6 Å². The minimum atomic E-state index is -3.52. The van der Waals surface area contributed by atoms with Crippen LogP contribution in [0.2, 0.25) is 0 Å². The number of rotatable bonds is 6. The molecule has 0 saturated heterocycles. The van der Waals surface area contributed by atoms with E-state index in [4.69, 9.17) is 0 Å². The zero-order valence-electron chi connectivity index (χ0n) is 13.6. The number of nitrogens with zero attached hydrogens (tertiary/aromatic N) is 2. The first kappa shape index (κ1) is 16.7. The van der Waals surface area contributed by atoms with Gasteiger partial charge in [0.15, 0.2) is 0 Å². The highest BCUT2D eigenvalue weighted by atomic mass is 32.2. The second kappa shape index (κ2) is 6.78. The molecule has 2 aromatic rings. The van der Waals surface area contributed by atoms with Crippen molar-refractivity contribution in [1.29, 1.82) is 0 Å². The molecule has 7 heteroatoms. The number of nitrogens with one attached hydrogen (secondary N) is 1. The Bertz CT molecular complexity index is 829. The molecule has 1 aromatic heterocycles. The summed E-state index contributed by atoms with van der Waals surface area (Å²) in [5, 5.41) is 0. The van der Waals surface area contributed by atoms with Crippen LogP contribution in [0.3, 0.4) is 0 Å². The summed E-state index contributed by atoms with van der Waals surface area (Å²) in [5.41, 5.74) is 1.72. The van der Waals surface area contributed by atoms with Gasteiger partial charge in [-0.2, -0.15) is 0 Å². The van der Waals surface area contributed by atoms with E-state index in [9.17, 15) is 13.2 Å². The van der Waals surface area contributed by atoms with Gasteiger partial charge in [-0.1, -0.05) is 0 Å². The Morgan fingerprint density at radius 3 is 2.71 bits per heavy atom. The zero-order valence-corrected chi connectivity index (χ0v) is 14.4. The minimum absolute atomic E-state index is 0.0208. The van der Waals surface area contributed by atoms with Crippen molar-refractivity contribution in [2.45, 2.75) is 31.2 Å². The third-order valence-electron chi connectivity index (χ3n) is 4.19. The topological polar surface area (TPSA) is 71.4 Å². The second-order valence-corrected chi connectivity index (χ2v) is 7.65. The number of aromatic nitrogens is 1. The molecule has 1 N–H and O–H groups in total. The van der Waals surface area contributed by atoms with Gasteiger partial charge < -0.3 is 9.47 Å². The predicted molar refractivity (Wildman–Crippen MR) is 92.4 cm³/mol. The van der Waals surface area contributed by atoms with E-state index in [0.717, 1.165) is 24.2 Å². The molecule has 0 unspecified atom stereocenters. The average Bonchev–Trinajstić information content (AvgIpc) is 3.20. The van der Waals surface area contributed by atoms with Crippen LogP contribution in [0, 0.1) is 0 Å². The molecular weight excluding hydrogens is 326 g/mol. The molecule has 0 atom stereocenters. The summed E-state index contributed by atoms with van der Waals surface area (Å²) in [4.78, 5) is 13.5. The number of carbonyl (C=O) groups excluding carboxylic acids is 1. The fraction of sp³-hybridized carbons (Fsp3) is 0.353. The molecule has 2 heterocycles. The van der Waals surface area contributed by atoms with Crippen LogP contribution in [0.4, 0.5) is 5.69 Å². The van der Waals surface area contributed by atoms with E-state index in [-0.39, 0.29) is 10.8 Å². The highest BCUT2D eigenvalue weighted by Gasteiger charge is 2.24. The number of amides is 1. The SMILES string of the molecule is CC(=O)N1CCc2cc(S(=O)(=O)NCCCn3cccc3)ccc21. The Labute approximate surface area is 142 Å². The average molecular weight is 347 g/mol. The largest absolute Gasteiger partial charge is 0.354 e. The molecule has 6 nitrogen and oxygen atoms in total. The monoisotopic (exact) mass is 347 g/mol. The van der Waals surface area contributed by atoms with Gasteiger partial charge in [-0.05, 0) is 48.7 Å². The van der Waals surface area contributed by atoms with Crippen molar-refractivity contribution in [2.24, 2.45) is 0 Å². The Morgan fingerprint density at radius 2 is 2.00 bits per heavy atom. The summed E-state index contributed by atoms with van der Waals surface area (Å²) >= 11 is 0. The van der Waals surface area contributed by atoms with Gasteiger partial charge in [0.1, 0.15) is 0 Å². The number of hydrogen-bond donors (Lipinski definition) is 1. The molecule has 0 fully saturated rings. The molecule has 0 bridgehead atoms. The van der Waals surface area contributed by atoms with Crippen molar-refractivity contribution in [3.63, 3.8) is 0 Å². The molecule has 3 rings (SSSR count). The van der Waals surface area contributed by atoms with E-state index in [0.29, 0.717) is 19.5 Å². The lowest BCUT2D eigenvalue weighted by Crippen LogP contribution is -2.26.